The number of nitrogens with zero attached hydrogens (tertiary/aromatic N) is 2. The Morgan fingerprint density at radius 3 is 2.82 bits per heavy atom. The molecule has 4 heteroatoms. The number of rotatable bonds is 2. The van der Waals surface area contributed by atoms with E-state index in [0.29, 0.717) is 5.92 Å². The van der Waals surface area contributed by atoms with Crippen LogP contribution >= 0.6 is 0 Å². The Hall–Kier alpha value is -1.29. The Morgan fingerprint density at radius 2 is 2.29 bits per heavy atom. The van der Waals surface area contributed by atoms with Crippen LogP contribution < -0.4 is 5.32 Å². The van der Waals surface area contributed by atoms with Gasteiger partial charge in [-0.3, -0.25) is 4.90 Å². The molecule has 0 radical (unpaired) electrons. The number of likely N-dealkylation sites (N-methyl/N-ethyl adjacent to an activating group) is 1. The molecule has 0 saturated carbocycles. The summed E-state index contributed by atoms with van der Waals surface area (Å²) >= 11 is 0. The van der Waals surface area contributed by atoms with E-state index in [0.717, 1.165) is 49.7 Å². The average molecular weight is 234 g/mol. The number of piperazine rings is 1. The maximum atomic E-state index is 7.66. The van der Waals surface area contributed by atoms with Crippen molar-refractivity contribution < 1.29 is 0 Å². The monoisotopic (exact) mass is 234 g/mol. The minimum atomic E-state index is 0.534. The van der Waals surface area contributed by atoms with Crippen molar-refractivity contribution in [2.75, 3.05) is 33.2 Å². The van der Waals surface area contributed by atoms with Crippen LogP contribution in [0.15, 0.2) is 23.7 Å². The zero-order chi connectivity index (χ0) is 12.4. The van der Waals surface area contributed by atoms with Gasteiger partial charge in [0.2, 0.25) is 0 Å². The van der Waals surface area contributed by atoms with Gasteiger partial charge in [0.1, 0.15) is 0 Å². The third-order valence-corrected chi connectivity index (χ3v) is 3.70. The third-order valence-electron chi connectivity index (χ3n) is 3.70. The third kappa shape index (κ3) is 2.36. The first-order valence-corrected chi connectivity index (χ1v) is 6.26. The van der Waals surface area contributed by atoms with Crippen LogP contribution in [0.2, 0.25) is 0 Å². The van der Waals surface area contributed by atoms with Crippen LogP contribution in [0.25, 0.3) is 0 Å². The molecular formula is C13H22N4. The summed E-state index contributed by atoms with van der Waals surface area (Å²) < 4.78 is 0. The lowest BCUT2D eigenvalue weighted by Crippen LogP contribution is -2.42. The van der Waals surface area contributed by atoms with E-state index < -0.39 is 0 Å². The van der Waals surface area contributed by atoms with Crippen molar-refractivity contribution in [1.82, 2.24) is 15.1 Å². The zero-order valence-corrected chi connectivity index (χ0v) is 10.8. The first kappa shape index (κ1) is 12.2. The minimum absolute atomic E-state index is 0.534. The molecule has 2 heterocycles. The maximum Gasteiger partial charge on any atom is 0.0793 e. The molecule has 1 unspecified atom stereocenters. The lowest BCUT2D eigenvalue weighted by molar-refractivity contribution is 0.316. The highest BCUT2D eigenvalue weighted by Crippen LogP contribution is 2.29. The van der Waals surface area contributed by atoms with Crippen LogP contribution in [-0.4, -0.2) is 49.2 Å². The molecule has 0 aliphatic carbocycles. The maximum absolute atomic E-state index is 7.66. The predicted octanol–water partition coefficient (Wildman–Crippen LogP) is 1.24. The van der Waals surface area contributed by atoms with E-state index in [4.69, 9.17) is 5.41 Å². The molecule has 0 aromatic rings. The van der Waals surface area contributed by atoms with E-state index >= 15 is 0 Å². The summed E-state index contributed by atoms with van der Waals surface area (Å²) in [5.74, 6) is 0.534. The summed E-state index contributed by atoms with van der Waals surface area (Å²) in [7, 11) is 2.11. The molecule has 4 nitrogen and oxygen atoms in total. The number of allylic oxidation sites excluding steroid dienone is 2. The van der Waals surface area contributed by atoms with E-state index in [9.17, 15) is 0 Å². The highest BCUT2D eigenvalue weighted by atomic mass is 15.2. The quantitative estimate of drug-likeness (QED) is 0.706. The van der Waals surface area contributed by atoms with Crippen molar-refractivity contribution in [2.45, 2.75) is 13.3 Å². The molecule has 0 aromatic heterocycles. The summed E-state index contributed by atoms with van der Waals surface area (Å²) in [5, 5.41) is 11.1. The van der Waals surface area contributed by atoms with Crippen molar-refractivity contribution >= 4 is 6.21 Å². The second kappa shape index (κ2) is 4.92. The molecule has 1 atom stereocenters. The van der Waals surface area contributed by atoms with E-state index in [1.807, 2.05) is 0 Å². The van der Waals surface area contributed by atoms with Crippen LogP contribution in [0.1, 0.15) is 13.3 Å². The second-order valence-corrected chi connectivity index (χ2v) is 5.01. The molecular weight excluding hydrogens is 212 g/mol. The standard InChI is InChI=1S/C13H22N4/c1-10-4-6-17(11(10)2)13(8-14)12-9-16(3)7-5-15-12/h8,10,14-15H,2,4-7,9H2,1,3H3/b13-12+,14-8?. The molecule has 94 valence electrons. The fraction of sp³-hybridized carbons (Fsp3) is 0.615. The summed E-state index contributed by atoms with van der Waals surface area (Å²) in [4.78, 5) is 4.47. The summed E-state index contributed by atoms with van der Waals surface area (Å²) in [6, 6.07) is 0. The fourth-order valence-corrected chi connectivity index (χ4v) is 2.48. The predicted molar refractivity (Wildman–Crippen MR) is 70.9 cm³/mol. The molecule has 0 bridgehead atoms. The Balaban J connectivity index is 2.23. The van der Waals surface area contributed by atoms with Crippen molar-refractivity contribution in [2.24, 2.45) is 5.92 Å². The van der Waals surface area contributed by atoms with Crippen LogP contribution in [0.5, 0.6) is 0 Å². The Labute approximate surface area is 103 Å². The van der Waals surface area contributed by atoms with Gasteiger partial charge in [-0.1, -0.05) is 13.5 Å². The normalized spacial score (nSPS) is 29.2. The van der Waals surface area contributed by atoms with Crippen molar-refractivity contribution in [3.05, 3.63) is 23.7 Å². The highest BCUT2D eigenvalue weighted by Gasteiger charge is 2.27. The van der Waals surface area contributed by atoms with Gasteiger partial charge in [0.25, 0.3) is 0 Å². The van der Waals surface area contributed by atoms with Crippen LogP contribution in [-0.2, 0) is 0 Å². The smallest absolute Gasteiger partial charge is 0.0793 e. The molecule has 0 amide bonds. The average Bonchev–Trinajstić information content (AvgIpc) is 2.63. The minimum Gasteiger partial charge on any atom is -0.384 e. The van der Waals surface area contributed by atoms with Gasteiger partial charge in [-0.25, -0.2) is 0 Å². The van der Waals surface area contributed by atoms with E-state index in [1.165, 1.54) is 6.21 Å². The lowest BCUT2D eigenvalue weighted by Gasteiger charge is -2.31. The molecule has 2 N–H and O–H groups in total. The van der Waals surface area contributed by atoms with Crippen molar-refractivity contribution in [3.8, 4) is 0 Å². The summed E-state index contributed by atoms with van der Waals surface area (Å²) in [6.45, 7) is 10.2. The number of hydrogen-bond acceptors (Lipinski definition) is 4. The van der Waals surface area contributed by atoms with Crippen LogP contribution in [0.4, 0.5) is 0 Å². The van der Waals surface area contributed by atoms with Gasteiger partial charge in [0, 0.05) is 38.1 Å². The summed E-state index contributed by atoms with van der Waals surface area (Å²) in [5.41, 5.74) is 3.29. The van der Waals surface area contributed by atoms with Gasteiger partial charge in [-0.05, 0) is 19.4 Å². The number of likely N-dealkylation sites (tertiary alicyclic amines) is 1. The number of hydrogen-bond donors (Lipinski definition) is 2. The number of nitrogens with one attached hydrogen (secondary N) is 2. The van der Waals surface area contributed by atoms with Crippen molar-refractivity contribution in [1.29, 1.82) is 5.41 Å². The largest absolute Gasteiger partial charge is 0.384 e. The first-order valence-electron chi connectivity index (χ1n) is 6.26. The van der Waals surface area contributed by atoms with Gasteiger partial charge >= 0.3 is 0 Å². The van der Waals surface area contributed by atoms with Gasteiger partial charge < -0.3 is 15.6 Å². The lowest BCUT2D eigenvalue weighted by atomic mass is 10.1. The zero-order valence-electron chi connectivity index (χ0n) is 10.8. The Bertz CT molecular complexity index is 358. The second-order valence-electron chi connectivity index (χ2n) is 5.01. The van der Waals surface area contributed by atoms with Gasteiger partial charge in [0.05, 0.1) is 11.4 Å². The molecule has 0 spiro atoms. The first-order chi connectivity index (χ1) is 8.13. The van der Waals surface area contributed by atoms with Crippen LogP contribution in [0.3, 0.4) is 0 Å². The summed E-state index contributed by atoms with van der Waals surface area (Å²) in [6.07, 6.45) is 2.60. The molecule has 2 aliphatic heterocycles. The molecule has 2 aliphatic rings. The molecule has 2 saturated heterocycles. The van der Waals surface area contributed by atoms with Gasteiger partial charge in [-0.2, -0.15) is 0 Å². The Morgan fingerprint density at radius 1 is 1.53 bits per heavy atom. The fourth-order valence-electron chi connectivity index (χ4n) is 2.48. The van der Waals surface area contributed by atoms with E-state index in [2.05, 4.69) is 35.7 Å². The molecule has 2 rings (SSSR count). The topological polar surface area (TPSA) is 42.4 Å². The van der Waals surface area contributed by atoms with Gasteiger partial charge in [0.15, 0.2) is 0 Å². The SMILES string of the molecule is C=C1C(C)CCN1/C(C=N)=C1\CN(C)CCN1. The Kier molecular flexibility index (Phi) is 3.52. The van der Waals surface area contributed by atoms with Gasteiger partial charge in [-0.15, -0.1) is 0 Å². The molecule has 0 aromatic carbocycles. The molecule has 2 fully saturated rings. The van der Waals surface area contributed by atoms with Crippen molar-refractivity contribution in [3.63, 3.8) is 0 Å². The van der Waals surface area contributed by atoms with Crippen LogP contribution in [0, 0.1) is 11.3 Å². The van der Waals surface area contributed by atoms with E-state index in [-0.39, 0.29) is 0 Å². The van der Waals surface area contributed by atoms with E-state index in [1.54, 1.807) is 0 Å². The highest BCUT2D eigenvalue weighted by molar-refractivity contribution is 5.77. The molecule has 17 heavy (non-hydrogen) atoms.